The molecule has 120 valence electrons. The zero-order valence-electron chi connectivity index (χ0n) is 12.2. The van der Waals surface area contributed by atoms with Gasteiger partial charge in [0.15, 0.2) is 0 Å². The Balaban J connectivity index is 1.72. The molecular weight excluding hydrogens is 304 g/mol. The number of amides is 2. The van der Waals surface area contributed by atoms with Crippen molar-refractivity contribution in [3.63, 3.8) is 0 Å². The van der Waals surface area contributed by atoms with Gasteiger partial charge in [-0.1, -0.05) is 0 Å². The van der Waals surface area contributed by atoms with Crippen molar-refractivity contribution in [2.24, 2.45) is 0 Å². The Hall–Kier alpha value is -2.83. The van der Waals surface area contributed by atoms with Crippen LogP contribution in [0, 0.1) is 11.6 Å². The Labute approximate surface area is 131 Å². The fraction of sp³-hybridized carbons (Fsp3) is 0.188. The van der Waals surface area contributed by atoms with Gasteiger partial charge in [-0.2, -0.15) is 0 Å². The average Bonchev–Trinajstić information content (AvgIpc) is 2.52. The van der Waals surface area contributed by atoms with Crippen molar-refractivity contribution in [3.8, 4) is 0 Å². The molecule has 2 amide bonds. The van der Waals surface area contributed by atoms with Crippen LogP contribution >= 0.6 is 0 Å². The van der Waals surface area contributed by atoms with E-state index < -0.39 is 17.5 Å². The molecular formula is C16H15F2N3O2. The van der Waals surface area contributed by atoms with Gasteiger partial charge in [-0.25, -0.2) is 8.78 Å². The first-order chi connectivity index (χ1) is 11.1. The number of benzene rings is 1. The van der Waals surface area contributed by atoms with E-state index in [-0.39, 0.29) is 24.4 Å². The van der Waals surface area contributed by atoms with Gasteiger partial charge in [0.05, 0.1) is 5.56 Å². The lowest BCUT2D eigenvalue weighted by molar-refractivity contribution is -0.116. The number of carbonyl (C=O) groups excluding carboxylic acids is 2. The molecule has 0 saturated heterocycles. The minimum absolute atomic E-state index is 0.196. The molecule has 0 atom stereocenters. The van der Waals surface area contributed by atoms with Crippen LogP contribution in [0.4, 0.5) is 14.5 Å². The molecule has 7 heteroatoms. The van der Waals surface area contributed by atoms with Crippen LogP contribution in [0.3, 0.4) is 0 Å². The molecule has 2 aromatic rings. The fourth-order valence-electron chi connectivity index (χ4n) is 1.88. The van der Waals surface area contributed by atoms with Crippen LogP contribution in [-0.2, 0) is 4.79 Å². The number of halogens is 2. The number of hydrogen-bond acceptors (Lipinski definition) is 3. The second-order valence-electron chi connectivity index (χ2n) is 4.77. The molecule has 0 unspecified atom stereocenters. The zero-order valence-corrected chi connectivity index (χ0v) is 12.2. The summed E-state index contributed by atoms with van der Waals surface area (Å²) in [5.41, 5.74) is 0.412. The first kappa shape index (κ1) is 16.5. The highest BCUT2D eigenvalue weighted by molar-refractivity contribution is 5.94. The van der Waals surface area contributed by atoms with Crippen molar-refractivity contribution in [3.05, 3.63) is 59.9 Å². The van der Waals surface area contributed by atoms with Gasteiger partial charge in [0.2, 0.25) is 5.91 Å². The third-order valence-corrected chi connectivity index (χ3v) is 3.01. The summed E-state index contributed by atoms with van der Waals surface area (Å²) in [6.45, 7) is 0.208. The monoisotopic (exact) mass is 319 g/mol. The molecule has 23 heavy (non-hydrogen) atoms. The van der Waals surface area contributed by atoms with E-state index in [1.54, 1.807) is 24.5 Å². The minimum Gasteiger partial charge on any atom is -0.352 e. The maximum absolute atomic E-state index is 13.4. The molecule has 0 aliphatic carbocycles. The van der Waals surface area contributed by atoms with Crippen molar-refractivity contribution in [2.45, 2.75) is 12.8 Å². The Bertz CT molecular complexity index is 693. The molecule has 0 aliphatic rings. The van der Waals surface area contributed by atoms with Gasteiger partial charge in [0.1, 0.15) is 11.6 Å². The second-order valence-corrected chi connectivity index (χ2v) is 4.77. The maximum Gasteiger partial charge on any atom is 0.254 e. The van der Waals surface area contributed by atoms with E-state index in [0.717, 1.165) is 12.1 Å². The molecule has 2 rings (SSSR count). The third kappa shape index (κ3) is 5.14. The molecule has 0 bridgehead atoms. The number of nitrogens with one attached hydrogen (secondary N) is 2. The van der Waals surface area contributed by atoms with Crippen LogP contribution in [0.1, 0.15) is 23.2 Å². The van der Waals surface area contributed by atoms with Gasteiger partial charge >= 0.3 is 0 Å². The van der Waals surface area contributed by atoms with Gasteiger partial charge in [0.25, 0.3) is 5.91 Å². The lowest BCUT2D eigenvalue weighted by atomic mass is 10.2. The van der Waals surface area contributed by atoms with Gasteiger partial charge in [0, 0.05) is 37.1 Å². The molecule has 1 aromatic carbocycles. The summed E-state index contributed by atoms with van der Waals surface area (Å²) in [6.07, 6.45) is 3.72. The molecule has 0 fully saturated rings. The second kappa shape index (κ2) is 7.98. The van der Waals surface area contributed by atoms with Gasteiger partial charge in [-0.05, 0) is 30.7 Å². The van der Waals surface area contributed by atoms with Crippen LogP contribution in [0.25, 0.3) is 0 Å². The van der Waals surface area contributed by atoms with Crippen molar-refractivity contribution >= 4 is 17.5 Å². The highest BCUT2D eigenvalue weighted by Crippen LogP contribution is 2.09. The first-order valence-corrected chi connectivity index (χ1v) is 6.99. The molecule has 0 aliphatic heterocycles. The highest BCUT2D eigenvalue weighted by atomic mass is 19.1. The predicted octanol–water partition coefficient (Wildman–Crippen LogP) is 2.51. The zero-order chi connectivity index (χ0) is 16.7. The molecule has 1 heterocycles. The SMILES string of the molecule is O=C(CCCNC(=O)c1ccc(F)cc1F)Nc1ccncc1. The van der Waals surface area contributed by atoms with Crippen molar-refractivity contribution in [2.75, 3.05) is 11.9 Å². The summed E-state index contributed by atoms with van der Waals surface area (Å²) in [5.74, 6) is -2.50. The molecule has 0 spiro atoms. The van der Waals surface area contributed by atoms with Gasteiger partial charge in [-0.3, -0.25) is 14.6 Å². The van der Waals surface area contributed by atoms with E-state index in [0.29, 0.717) is 18.2 Å². The van der Waals surface area contributed by atoms with Crippen LogP contribution < -0.4 is 10.6 Å². The van der Waals surface area contributed by atoms with Crippen LogP contribution in [0.2, 0.25) is 0 Å². The summed E-state index contributed by atoms with van der Waals surface area (Å²) >= 11 is 0. The fourth-order valence-corrected chi connectivity index (χ4v) is 1.88. The van der Waals surface area contributed by atoms with Crippen molar-refractivity contribution in [1.29, 1.82) is 0 Å². The summed E-state index contributed by atoms with van der Waals surface area (Å²) in [7, 11) is 0. The number of aromatic nitrogens is 1. The molecule has 2 N–H and O–H groups in total. The normalized spacial score (nSPS) is 10.2. The predicted molar refractivity (Wildman–Crippen MR) is 80.8 cm³/mol. The maximum atomic E-state index is 13.4. The topological polar surface area (TPSA) is 71.1 Å². The molecule has 1 aromatic heterocycles. The average molecular weight is 319 g/mol. The van der Waals surface area contributed by atoms with Gasteiger partial charge < -0.3 is 10.6 Å². The smallest absolute Gasteiger partial charge is 0.254 e. The number of anilines is 1. The summed E-state index contributed by atoms with van der Waals surface area (Å²) in [5, 5.41) is 5.17. The summed E-state index contributed by atoms with van der Waals surface area (Å²) in [6, 6.07) is 6.07. The van der Waals surface area contributed by atoms with Crippen LogP contribution in [0.5, 0.6) is 0 Å². The van der Waals surface area contributed by atoms with E-state index in [4.69, 9.17) is 0 Å². The van der Waals surface area contributed by atoms with E-state index in [9.17, 15) is 18.4 Å². The number of nitrogens with zero attached hydrogens (tertiary/aromatic N) is 1. The van der Waals surface area contributed by atoms with Crippen molar-refractivity contribution < 1.29 is 18.4 Å². The highest BCUT2D eigenvalue weighted by Gasteiger charge is 2.12. The van der Waals surface area contributed by atoms with Crippen LogP contribution in [0.15, 0.2) is 42.7 Å². The van der Waals surface area contributed by atoms with Crippen molar-refractivity contribution in [1.82, 2.24) is 10.3 Å². The number of pyridine rings is 1. The Morgan fingerprint density at radius 1 is 1.09 bits per heavy atom. The lowest BCUT2D eigenvalue weighted by Gasteiger charge is -2.07. The van der Waals surface area contributed by atoms with E-state index in [2.05, 4.69) is 15.6 Å². The Morgan fingerprint density at radius 2 is 1.83 bits per heavy atom. The molecule has 5 nitrogen and oxygen atoms in total. The molecule has 0 radical (unpaired) electrons. The van der Waals surface area contributed by atoms with Gasteiger partial charge in [-0.15, -0.1) is 0 Å². The first-order valence-electron chi connectivity index (χ1n) is 6.99. The number of carbonyl (C=O) groups is 2. The molecule has 0 saturated carbocycles. The Kier molecular flexibility index (Phi) is 5.74. The van der Waals surface area contributed by atoms with E-state index in [1.807, 2.05) is 0 Å². The third-order valence-electron chi connectivity index (χ3n) is 3.01. The Morgan fingerprint density at radius 3 is 2.52 bits per heavy atom. The quantitative estimate of drug-likeness (QED) is 0.804. The van der Waals surface area contributed by atoms with E-state index in [1.165, 1.54) is 0 Å². The summed E-state index contributed by atoms with van der Waals surface area (Å²) in [4.78, 5) is 27.2. The van der Waals surface area contributed by atoms with E-state index >= 15 is 0 Å². The lowest BCUT2D eigenvalue weighted by Crippen LogP contribution is -2.26. The largest absolute Gasteiger partial charge is 0.352 e. The van der Waals surface area contributed by atoms with Crippen LogP contribution in [-0.4, -0.2) is 23.3 Å². The summed E-state index contributed by atoms with van der Waals surface area (Å²) < 4.78 is 26.2. The minimum atomic E-state index is -0.919. The number of rotatable bonds is 6. The standard InChI is InChI=1S/C16H15F2N3O2/c17-11-3-4-13(14(18)10-11)16(23)20-7-1-2-15(22)21-12-5-8-19-9-6-12/h3-6,8-10H,1-2,7H2,(H,20,23)(H,19,21,22). The number of hydrogen-bond donors (Lipinski definition) is 2.